The second-order valence-corrected chi connectivity index (χ2v) is 6.23. The Morgan fingerprint density at radius 2 is 2.14 bits per heavy atom. The van der Waals surface area contributed by atoms with Gasteiger partial charge in [0.1, 0.15) is 11.3 Å². The number of fused-ring (bicyclic) bond motifs is 1. The van der Waals surface area contributed by atoms with E-state index in [1.165, 1.54) is 12.8 Å². The van der Waals surface area contributed by atoms with Gasteiger partial charge in [-0.2, -0.15) is 0 Å². The number of benzene rings is 1. The Balaban J connectivity index is 1.69. The minimum Gasteiger partial charge on any atom is -0.496 e. The van der Waals surface area contributed by atoms with E-state index in [-0.39, 0.29) is 5.91 Å². The first-order valence-corrected chi connectivity index (χ1v) is 8.24. The number of carbonyl (C=O) groups excluding carboxylic acids is 1. The summed E-state index contributed by atoms with van der Waals surface area (Å²) in [5, 5.41) is 3.81. The molecule has 1 aromatic heterocycles. The summed E-state index contributed by atoms with van der Waals surface area (Å²) in [6.07, 6.45) is 2.52. The largest absolute Gasteiger partial charge is 0.496 e. The summed E-state index contributed by atoms with van der Waals surface area (Å²) in [5.41, 5.74) is 1.18. The van der Waals surface area contributed by atoms with Crippen LogP contribution < -0.4 is 10.1 Å². The summed E-state index contributed by atoms with van der Waals surface area (Å²) in [6, 6.07) is 5.33. The summed E-state index contributed by atoms with van der Waals surface area (Å²) in [6.45, 7) is 3.82. The number of nitrogens with one attached hydrogen (secondary N) is 1. The molecule has 1 saturated heterocycles. The molecule has 1 N–H and O–H groups in total. The molecule has 22 heavy (non-hydrogen) atoms. The zero-order valence-corrected chi connectivity index (χ0v) is 14.1. The number of furan rings is 1. The third-order valence-electron chi connectivity index (χ3n) is 3.96. The SMILES string of the molecule is COc1cc(C(=O)NCCN2CCCC2)cc2oc(Br)cc12. The second kappa shape index (κ2) is 6.71. The van der Waals surface area contributed by atoms with Crippen LogP contribution in [0.5, 0.6) is 5.75 Å². The van der Waals surface area contributed by atoms with Crippen LogP contribution in [0.1, 0.15) is 23.2 Å². The van der Waals surface area contributed by atoms with Crippen molar-refractivity contribution in [3.63, 3.8) is 0 Å². The predicted octanol–water partition coefficient (Wildman–Crippen LogP) is 3.03. The van der Waals surface area contributed by atoms with Gasteiger partial charge in [0.25, 0.3) is 5.91 Å². The number of amides is 1. The second-order valence-electron chi connectivity index (χ2n) is 5.45. The van der Waals surface area contributed by atoms with Crippen molar-refractivity contribution in [2.24, 2.45) is 0 Å². The highest BCUT2D eigenvalue weighted by Gasteiger charge is 2.15. The smallest absolute Gasteiger partial charge is 0.251 e. The average Bonchev–Trinajstić information content (AvgIpc) is 3.14. The van der Waals surface area contributed by atoms with Gasteiger partial charge in [-0.25, -0.2) is 0 Å². The van der Waals surface area contributed by atoms with Gasteiger partial charge in [0, 0.05) is 24.7 Å². The maximum Gasteiger partial charge on any atom is 0.251 e. The molecule has 1 aromatic carbocycles. The average molecular weight is 367 g/mol. The van der Waals surface area contributed by atoms with Crippen molar-refractivity contribution >= 4 is 32.8 Å². The fourth-order valence-corrected chi connectivity index (χ4v) is 3.21. The molecule has 3 rings (SSSR count). The number of carbonyl (C=O) groups is 1. The van der Waals surface area contributed by atoms with Crippen molar-refractivity contribution in [3.8, 4) is 5.75 Å². The molecule has 6 heteroatoms. The van der Waals surface area contributed by atoms with Crippen LogP contribution in [0, 0.1) is 0 Å². The highest BCUT2D eigenvalue weighted by Crippen LogP contribution is 2.32. The maximum atomic E-state index is 12.3. The van der Waals surface area contributed by atoms with Gasteiger partial charge in [0.05, 0.1) is 12.5 Å². The van der Waals surface area contributed by atoms with Crippen LogP contribution in [0.15, 0.2) is 27.3 Å². The van der Waals surface area contributed by atoms with Gasteiger partial charge in [0.2, 0.25) is 0 Å². The lowest BCUT2D eigenvalue weighted by atomic mass is 10.1. The molecule has 1 aliphatic heterocycles. The number of nitrogens with zero attached hydrogens (tertiary/aromatic N) is 1. The summed E-state index contributed by atoms with van der Waals surface area (Å²) in [7, 11) is 1.59. The topological polar surface area (TPSA) is 54.7 Å². The van der Waals surface area contributed by atoms with Crippen molar-refractivity contribution in [3.05, 3.63) is 28.4 Å². The molecule has 0 atom stereocenters. The Morgan fingerprint density at radius 1 is 1.36 bits per heavy atom. The summed E-state index contributed by atoms with van der Waals surface area (Å²) < 4.78 is 11.5. The molecule has 118 valence electrons. The minimum atomic E-state index is -0.105. The highest BCUT2D eigenvalue weighted by molar-refractivity contribution is 9.10. The molecule has 2 aromatic rings. The van der Waals surface area contributed by atoms with Crippen molar-refractivity contribution < 1.29 is 13.9 Å². The quantitative estimate of drug-likeness (QED) is 0.883. The number of halogens is 1. The number of rotatable bonds is 5. The number of likely N-dealkylation sites (tertiary alicyclic amines) is 1. The number of methoxy groups -OCH3 is 1. The molecule has 1 amide bonds. The first-order valence-electron chi connectivity index (χ1n) is 7.45. The Kier molecular flexibility index (Phi) is 4.69. The predicted molar refractivity (Wildman–Crippen MR) is 88.5 cm³/mol. The monoisotopic (exact) mass is 366 g/mol. The molecule has 0 saturated carbocycles. The van der Waals surface area contributed by atoms with E-state index < -0.39 is 0 Å². The molecule has 5 nitrogen and oxygen atoms in total. The van der Waals surface area contributed by atoms with Gasteiger partial charge in [0.15, 0.2) is 4.67 Å². The van der Waals surface area contributed by atoms with E-state index in [2.05, 4.69) is 26.1 Å². The molecule has 2 heterocycles. The van der Waals surface area contributed by atoms with Crippen LogP contribution in [0.2, 0.25) is 0 Å². The lowest BCUT2D eigenvalue weighted by Gasteiger charge is -2.14. The Morgan fingerprint density at radius 3 is 2.86 bits per heavy atom. The summed E-state index contributed by atoms with van der Waals surface area (Å²) in [4.78, 5) is 14.7. The minimum absolute atomic E-state index is 0.105. The maximum absolute atomic E-state index is 12.3. The summed E-state index contributed by atoms with van der Waals surface area (Å²) in [5.74, 6) is 0.531. The Bertz CT molecular complexity index is 677. The number of ether oxygens (including phenoxy) is 1. The third-order valence-corrected chi connectivity index (χ3v) is 4.35. The van der Waals surface area contributed by atoms with Crippen molar-refractivity contribution in [1.29, 1.82) is 0 Å². The first kappa shape index (κ1) is 15.4. The van der Waals surface area contributed by atoms with E-state index in [9.17, 15) is 4.79 Å². The zero-order chi connectivity index (χ0) is 15.5. The highest BCUT2D eigenvalue weighted by atomic mass is 79.9. The van der Waals surface area contributed by atoms with Crippen LogP contribution >= 0.6 is 15.9 Å². The molecule has 0 bridgehead atoms. The molecular formula is C16H19BrN2O3. The van der Waals surface area contributed by atoms with Gasteiger partial charge < -0.3 is 19.4 Å². The van der Waals surface area contributed by atoms with E-state index in [4.69, 9.17) is 9.15 Å². The number of hydrogen-bond donors (Lipinski definition) is 1. The van der Waals surface area contributed by atoms with Gasteiger partial charge in [-0.05, 0) is 54.0 Å². The fourth-order valence-electron chi connectivity index (χ4n) is 2.81. The molecule has 1 fully saturated rings. The van der Waals surface area contributed by atoms with Crippen molar-refractivity contribution in [2.75, 3.05) is 33.3 Å². The van der Waals surface area contributed by atoms with Crippen LogP contribution in [-0.2, 0) is 0 Å². The van der Waals surface area contributed by atoms with E-state index in [1.54, 1.807) is 19.2 Å². The van der Waals surface area contributed by atoms with E-state index in [0.29, 0.717) is 28.1 Å². The molecule has 0 spiro atoms. The number of hydrogen-bond acceptors (Lipinski definition) is 4. The first-order chi connectivity index (χ1) is 10.7. The van der Waals surface area contributed by atoms with Crippen LogP contribution in [-0.4, -0.2) is 44.1 Å². The Labute approximate surface area is 137 Å². The molecule has 1 aliphatic rings. The lowest BCUT2D eigenvalue weighted by Crippen LogP contribution is -2.33. The normalized spacial score (nSPS) is 15.4. The Hall–Kier alpha value is -1.53. The zero-order valence-electron chi connectivity index (χ0n) is 12.5. The van der Waals surface area contributed by atoms with Crippen LogP contribution in [0.25, 0.3) is 11.0 Å². The molecular weight excluding hydrogens is 348 g/mol. The standard InChI is InChI=1S/C16H19BrN2O3/c1-21-13-8-11(9-14-12(13)10-15(17)22-14)16(20)18-4-7-19-5-2-3-6-19/h8-10H,2-7H2,1H3,(H,18,20). The fraction of sp³-hybridized carbons (Fsp3) is 0.438. The summed E-state index contributed by atoms with van der Waals surface area (Å²) >= 11 is 3.30. The van der Waals surface area contributed by atoms with E-state index in [0.717, 1.165) is 25.0 Å². The third kappa shape index (κ3) is 3.28. The molecule has 0 radical (unpaired) electrons. The van der Waals surface area contributed by atoms with E-state index in [1.807, 2.05) is 6.07 Å². The van der Waals surface area contributed by atoms with Crippen molar-refractivity contribution in [1.82, 2.24) is 10.2 Å². The molecule has 0 aliphatic carbocycles. The van der Waals surface area contributed by atoms with Gasteiger partial charge >= 0.3 is 0 Å². The molecule has 0 unspecified atom stereocenters. The van der Waals surface area contributed by atoms with E-state index >= 15 is 0 Å². The van der Waals surface area contributed by atoms with Gasteiger partial charge in [-0.3, -0.25) is 4.79 Å². The van der Waals surface area contributed by atoms with Gasteiger partial charge in [-0.1, -0.05) is 0 Å². The van der Waals surface area contributed by atoms with Crippen molar-refractivity contribution in [2.45, 2.75) is 12.8 Å². The van der Waals surface area contributed by atoms with Crippen LogP contribution in [0.4, 0.5) is 0 Å². The lowest BCUT2D eigenvalue weighted by molar-refractivity contribution is 0.0949. The van der Waals surface area contributed by atoms with Gasteiger partial charge in [-0.15, -0.1) is 0 Å². The van der Waals surface area contributed by atoms with Crippen LogP contribution in [0.3, 0.4) is 0 Å².